The SMILES string of the molecule is CC(C)=CCNC1CCCCC1C1CCCCC1. The highest BCUT2D eigenvalue weighted by Gasteiger charge is 2.31. The molecule has 104 valence electrons. The Labute approximate surface area is 113 Å². The third kappa shape index (κ3) is 4.12. The number of rotatable bonds is 4. The van der Waals surface area contributed by atoms with Crippen molar-refractivity contribution in [2.75, 3.05) is 6.54 Å². The highest BCUT2D eigenvalue weighted by molar-refractivity contribution is 4.96. The van der Waals surface area contributed by atoms with Crippen LogP contribution in [0.25, 0.3) is 0 Å². The molecule has 0 aromatic rings. The first kappa shape index (κ1) is 14.1. The van der Waals surface area contributed by atoms with Crippen molar-refractivity contribution in [3.8, 4) is 0 Å². The van der Waals surface area contributed by atoms with Gasteiger partial charge in [0.15, 0.2) is 0 Å². The van der Waals surface area contributed by atoms with Crippen LogP contribution in [0.4, 0.5) is 0 Å². The summed E-state index contributed by atoms with van der Waals surface area (Å²) in [6.07, 6.45) is 15.6. The maximum atomic E-state index is 3.82. The average molecular weight is 249 g/mol. The van der Waals surface area contributed by atoms with Gasteiger partial charge in [0, 0.05) is 12.6 Å². The van der Waals surface area contributed by atoms with Crippen LogP contribution in [-0.4, -0.2) is 12.6 Å². The van der Waals surface area contributed by atoms with Crippen molar-refractivity contribution < 1.29 is 0 Å². The third-order valence-electron chi connectivity index (χ3n) is 4.97. The van der Waals surface area contributed by atoms with E-state index in [2.05, 4.69) is 25.2 Å². The molecule has 1 heteroatoms. The van der Waals surface area contributed by atoms with Crippen LogP contribution >= 0.6 is 0 Å². The van der Waals surface area contributed by atoms with Gasteiger partial charge in [0.05, 0.1) is 0 Å². The fourth-order valence-electron chi connectivity index (χ4n) is 3.95. The molecule has 2 aliphatic rings. The van der Waals surface area contributed by atoms with Crippen molar-refractivity contribution in [2.45, 2.75) is 77.7 Å². The highest BCUT2D eigenvalue weighted by atomic mass is 14.9. The standard InChI is InChI=1S/C17H31N/c1-14(2)12-13-18-17-11-7-6-10-16(17)15-8-4-3-5-9-15/h12,15-18H,3-11,13H2,1-2H3. The Kier molecular flexibility index (Phi) is 5.75. The molecule has 1 nitrogen and oxygen atoms in total. The Balaban J connectivity index is 1.86. The minimum atomic E-state index is 0.803. The first-order chi connectivity index (χ1) is 8.77. The summed E-state index contributed by atoms with van der Waals surface area (Å²) < 4.78 is 0. The number of hydrogen-bond acceptors (Lipinski definition) is 1. The van der Waals surface area contributed by atoms with E-state index in [-0.39, 0.29) is 0 Å². The summed E-state index contributed by atoms with van der Waals surface area (Å²) in [5.74, 6) is 2.01. The van der Waals surface area contributed by atoms with Crippen LogP contribution in [0.5, 0.6) is 0 Å². The fourth-order valence-corrected chi connectivity index (χ4v) is 3.95. The molecule has 0 amide bonds. The molecule has 0 bridgehead atoms. The van der Waals surface area contributed by atoms with Crippen LogP contribution in [0.3, 0.4) is 0 Å². The molecule has 2 atom stereocenters. The van der Waals surface area contributed by atoms with Gasteiger partial charge in [-0.2, -0.15) is 0 Å². The second-order valence-corrected chi connectivity index (χ2v) is 6.64. The maximum Gasteiger partial charge on any atom is 0.0140 e. The monoisotopic (exact) mass is 249 g/mol. The second kappa shape index (κ2) is 7.33. The van der Waals surface area contributed by atoms with Crippen LogP contribution in [0.15, 0.2) is 11.6 Å². The quantitative estimate of drug-likeness (QED) is 0.713. The molecule has 2 aliphatic carbocycles. The topological polar surface area (TPSA) is 12.0 Å². The van der Waals surface area contributed by atoms with Crippen molar-refractivity contribution in [3.05, 3.63) is 11.6 Å². The van der Waals surface area contributed by atoms with Gasteiger partial charge < -0.3 is 5.32 Å². The van der Waals surface area contributed by atoms with E-state index >= 15 is 0 Å². The fraction of sp³-hybridized carbons (Fsp3) is 0.882. The van der Waals surface area contributed by atoms with E-state index in [0.29, 0.717) is 0 Å². The molecule has 0 radical (unpaired) electrons. The van der Waals surface area contributed by atoms with Crippen LogP contribution in [0.2, 0.25) is 0 Å². The van der Waals surface area contributed by atoms with E-state index in [1.54, 1.807) is 0 Å². The van der Waals surface area contributed by atoms with Gasteiger partial charge in [0.1, 0.15) is 0 Å². The van der Waals surface area contributed by atoms with Gasteiger partial charge in [-0.3, -0.25) is 0 Å². The van der Waals surface area contributed by atoms with Gasteiger partial charge >= 0.3 is 0 Å². The molecule has 2 rings (SSSR count). The van der Waals surface area contributed by atoms with E-state index < -0.39 is 0 Å². The Hall–Kier alpha value is -0.300. The molecule has 2 unspecified atom stereocenters. The van der Waals surface area contributed by atoms with Crippen LogP contribution in [-0.2, 0) is 0 Å². The predicted octanol–water partition coefficient (Wildman–Crippen LogP) is 4.68. The van der Waals surface area contributed by atoms with E-state index in [4.69, 9.17) is 0 Å². The predicted molar refractivity (Wildman–Crippen MR) is 79.8 cm³/mol. The molecule has 18 heavy (non-hydrogen) atoms. The van der Waals surface area contributed by atoms with Crippen LogP contribution in [0, 0.1) is 11.8 Å². The lowest BCUT2D eigenvalue weighted by Crippen LogP contribution is -2.42. The zero-order valence-corrected chi connectivity index (χ0v) is 12.4. The average Bonchev–Trinajstić information content (AvgIpc) is 2.40. The molecule has 0 aliphatic heterocycles. The molecule has 1 N–H and O–H groups in total. The molecule has 2 fully saturated rings. The van der Waals surface area contributed by atoms with Crippen LogP contribution < -0.4 is 5.32 Å². The first-order valence-electron chi connectivity index (χ1n) is 8.14. The Morgan fingerprint density at radius 3 is 2.33 bits per heavy atom. The summed E-state index contributed by atoms with van der Waals surface area (Å²) in [5, 5.41) is 3.82. The summed E-state index contributed by atoms with van der Waals surface area (Å²) in [6.45, 7) is 5.47. The van der Waals surface area contributed by atoms with Gasteiger partial charge in [-0.05, 0) is 38.5 Å². The Bertz CT molecular complexity index is 259. The second-order valence-electron chi connectivity index (χ2n) is 6.64. The Morgan fingerprint density at radius 2 is 1.61 bits per heavy atom. The van der Waals surface area contributed by atoms with Crippen molar-refractivity contribution in [1.29, 1.82) is 0 Å². The maximum absolute atomic E-state index is 3.82. The normalized spacial score (nSPS) is 30.1. The lowest BCUT2D eigenvalue weighted by molar-refractivity contribution is 0.152. The number of nitrogens with one attached hydrogen (secondary N) is 1. The summed E-state index contributed by atoms with van der Waals surface area (Å²) in [7, 11) is 0. The summed E-state index contributed by atoms with van der Waals surface area (Å²) in [5.41, 5.74) is 1.44. The lowest BCUT2D eigenvalue weighted by atomic mass is 9.71. The summed E-state index contributed by atoms with van der Waals surface area (Å²) in [4.78, 5) is 0. The van der Waals surface area contributed by atoms with E-state index in [0.717, 1.165) is 24.4 Å². The van der Waals surface area contributed by atoms with Gasteiger partial charge in [0.2, 0.25) is 0 Å². The molecule has 0 saturated heterocycles. The van der Waals surface area contributed by atoms with Gasteiger partial charge in [0.25, 0.3) is 0 Å². The highest BCUT2D eigenvalue weighted by Crippen LogP contribution is 2.38. The van der Waals surface area contributed by atoms with Crippen molar-refractivity contribution in [1.82, 2.24) is 5.32 Å². The van der Waals surface area contributed by atoms with Crippen molar-refractivity contribution in [3.63, 3.8) is 0 Å². The largest absolute Gasteiger partial charge is 0.310 e. The Morgan fingerprint density at radius 1 is 0.944 bits per heavy atom. The zero-order chi connectivity index (χ0) is 12.8. The zero-order valence-electron chi connectivity index (χ0n) is 12.4. The molecule has 0 spiro atoms. The van der Waals surface area contributed by atoms with Gasteiger partial charge in [-0.15, -0.1) is 0 Å². The third-order valence-corrected chi connectivity index (χ3v) is 4.97. The molecule has 0 aromatic heterocycles. The number of allylic oxidation sites excluding steroid dienone is 1. The van der Waals surface area contributed by atoms with Crippen LogP contribution in [0.1, 0.15) is 71.6 Å². The smallest absolute Gasteiger partial charge is 0.0140 e. The molecule has 0 aromatic carbocycles. The van der Waals surface area contributed by atoms with E-state index in [1.807, 2.05) is 0 Å². The molecule has 2 saturated carbocycles. The summed E-state index contributed by atoms with van der Waals surface area (Å²) >= 11 is 0. The van der Waals surface area contributed by atoms with Crippen molar-refractivity contribution >= 4 is 0 Å². The lowest BCUT2D eigenvalue weighted by Gasteiger charge is -2.39. The molecule has 0 heterocycles. The van der Waals surface area contributed by atoms with Gasteiger partial charge in [-0.1, -0.05) is 56.6 Å². The van der Waals surface area contributed by atoms with Gasteiger partial charge in [-0.25, -0.2) is 0 Å². The van der Waals surface area contributed by atoms with Crippen molar-refractivity contribution in [2.24, 2.45) is 11.8 Å². The molecular formula is C17H31N. The first-order valence-corrected chi connectivity index (χ1v) is 8.14. The summed E-state index contributed by atoms with van der Waals surface area (Å²) in [6, 6.07) is 0.803. The minimum absolute atomic E-state index is 0.803. The minimum Gasteiger partial charge on any atom is -0.310 e. The number of hydrogen-bond donors (Lipinski definition) is 1. The van der Waals surface area contributed by atoms with E-state index in [9.17, 15) is 0 Å². The molecular weight excluding hydrogens is 218 g/mol. The van der Waals surface area contributed by atoms with E-state index in [1.165, 1.54) is 63.4 Å².